The number of nitrogens with one attached hydrogen (secondary N) is 1. The molecule has 0 fully saturated rings. The van der Waals surface area contributed by atoms with Crippen molar-refractivity contribution in [2.24, 2.45) is 11.7 Å². The molecule has 0 rings (SSSR count). The van der Waals surface area contributed by atoms with E-state index in [0.717, 1.165) is 0 Å². The molecule has 21 heavy (non-hydrogen) atoms. The van der Waals surface area contributed by atoms with Crippen LogP contribution in [0.2, 0.25) is 0 Å². The van der Waals surface area contributed by atoms with Gasteiger partial charge in [-0.2, -0.15) is 0 Å². The fraction of sp³-hybridized carbons (Fsp3) is 0.846. The molecule has 0 aliphatic heterocycles. The van der Waals surface area contributed by atoms with Gasteiger partial charge in [-0.25, -0.2) is 4.79 Å². The van der Waals surface area contributed by atoms with E-state index >= 15 is 0 Å². The first kappa shape index (κ1) is 19.6. The van der Waals surface area contributed by atoms with Crippen molar-refractivity contribution in [3.63, 3.8) is 0 Å². The zero-order valence-electron chi connectivity index (χ0n) is 13.0. The van der Waals surface area contributed by atoms with Crippen LogP contribution in [-0.2, 0) is 19.0 Å². The van der Waals surface area contributed by atoms with Gasteiger partial charge in [-0.3, -0.25) is 4.79 Å². The number of carboxylic acid groups (broad SMARTS) is 1. The Kier molecular flexibility index (Phi) is 8.91. The molecular formula is C13H26N2O6. The Balaban J connectivity index is 4.69. The van der Waals surface area contributed by atoms with Crippen LogP contribution in [0, 0.1) is 5.92 Å². The number of carbonyl (C=O) groups excluding carboxylic acids is 1. The van der Waals surface area contributed by atoms with Crippen molar-refractivity contribution in [3.05, 3.63) is 0 Å². The van der Waals surface area contributed by atoms with Crippen LogP contribution in [0.5, 0.6) is 0 Å². The minimum Gasteiger partial charge on any atom is -0.481 e. The van der Waals surface area contributed by atoms with Gasteiger partial charge in [0, 0.05) is 13.0 Å². The number of rotatable bonds is 9. The number of ether oxygens (including phenoxy) is 3. The van der Waals surface area contributed by atoms with Gasteiger partial charge in [0.05, 0.1) is 19.1 Å². The van der Waals surface area contributed by atoms with Gasteiger partial charge in [0.1, 0.15) is 12.4 Å². The number of nitrogens with two attached hydrogens (primary N) is 1. The second-order valence-electron chi connectivity index (χ2n) is 5.62. The first-order valence-electron chi connectivity index (χ1n) is 6.67. The minimum atomic E-state index is -0.992. The summed E-state index contributed by atoms with van der Waals surface area (Å²) < 4.78 is 15.1. The van der Waals surface area contributed by atoms with E-state index in [-0.39, 0.29) is 26.4 Å². The summed E-state index contributed by atoms with van der Waals surface area (Å²) in [5.41, 5.74) is 4.94. The molecule has 1 amide bonds. The first-order chi connectivity index (χ1) is 9.69. The van der Waals surface area contributed by atoms with Crippen molar-refractivity contribution in [1.82, 2.24) is 5.32 Å². The monoisotopic (exact) mass is 306 g/mol. The number of carboxylic acids is 1. The molecule has 0 aliphatic carbocycles. The molecule has 0 spiro atoms. The van der Waals surface area contributed by atoms with Crippen molar-refractivity contribution in [3.8, 4) is 0 Å². The normalized spacial score (nSPS) is 14.3. The van der Waals surface area contributed by atoms with Crippen LogP contribution in [0.15, 0.2) is 0 Å². The van der Waals surface area contributed by atoms with Crippen LogP contribution >= 0.6 is 0 Å². The maximum Gasteiger partial charge on any atom is 0.407 e. The smallest absolute Gasteiger partial charge is 0.407 e. The Hall–Kier alpha value is -1.38. The number of hydrogen-bond donors (Lipinski definition) is 3. The molecule has 2 atom stereocenters. The number of amides is 1. The van der Waals surface area contributed by atoms with Gasteiger partial charge in [0.15, 0.2) is 0 Å². The van der Waals surface area contributed by atoms with E-state index in [4.69, 9.17) is 25.1 Å². The maximum absolute atomic E-state index is 11.8. The third-order valence-electron chi connectivity index (χ3n) is 2.51. The lowest BCUT2D eigenvalue weighted by molar-refractivity contribution is -0.138. The number of carbonyl (C=O) groups is 2. The van der Waals surface area contributed by atoms with E-state index in [1.54, 1.807) is 20.8 Å². The predicted molar refractivity (Wildman–Crippen MR) is 75.8 cm³/mol. The summed E-state index contributed by atoms with van der Waals surface area (Å²) >= 11 is 0. The van der Waals surface area contributed by atoms with Gasteiger partial charge in [0.25, 0.3) is 0 Å². The second-order valence-corrected chi connectivity index (χ2v) is 5.62. The fourth-order valence-electron chi connectivity index (χ4n) is 1.63. The first-order valence-corrected chi connectivity index (χ1v) is 6.67. The van der Waals surface area contributed by atoms with Gasteiger partial charge in [-0.1, -0.05) is 0 Å². The highest BCUT2D eigenvalue weighted by atomic mass is 16.7. The standard InChI is InChI=1S/C13H26N2O6/c1-13(2,3)21-12(18)15-10(7-20-8-19-4)9(6-14)5-11(16)17/h9-10H,5-8,14H2,1-4H3,(H,15,18)(H,16,17). The molecule has 0 radical (unpaired) electrons. The fourth-order valence-corrected chi connectivity index (χ4v) is 1.63. The number of hydrogen-bond acceptors (Lipinski definition) is 6. The molecule has 0 aromatic carbocycles. The Morgan fingerprint density at radius 1 is 1.33 bits per heavy atom. The molecule has 0 bridgehead atoms. The molecule has 124 valence electrons. The molecular weight excluding hydrogens is 280 g/mol. The molecule has 8 heteroatoms. The van der Waals surface area contributed by atoms with E-state index in [1.807, 2.05) is 0 Å². The third-order valence-corrected chi connectivity index (χ3v) is 2.51. The van der Waals surface area contributed by atoms with Crippen LogP contribution in [0.1, 0.15) is 27.2 Å². The lowest BCUT2D eigenvalue weighted by atomic mass is 9.97. The molecule has 0 aromatic heterocycles. The number of methoxy groups -OCH3 is 1. The molecule has 0 saturated carbocycles. The maximum atomic E-state index is 11.8. The zero-order valence-corrected chi connectivity index (χ0v) is 13.0. The molecule has 0 aromatic rings. The summed E-state index contributed by atoms with van der Waals surface area (Å²) in [6, 6.07) is -0.573. The van der Waals surface area contributed by atoms with Gasteiger partial charge >= 0.3 is 12.1 Å². The zero-order chi connectivity index (χ0) is 16.5. The lowest BCUT2D eigenvalue weighted by Gasteiger charge is -2.27. The predicted octanol–water partition coefficient (Wildman–Crippen LogP) is 0.550. The molecule has 8 nitrogen and oxygen atoms in total. The van der Waals surface area contributed by atoms with Crippen LogP contribution < -0.4 is 11.1 Å². The summed E-state index contributed by atoms with van der Waals surface area (Å²) in [5.74, 6) is -1.46. The number of aliphatic carboxylic acids is 1. The Morgan fingerprint density at radius 2 is 1.95 bits per heavy atom. The van der Waals surface area contributed by atoms with E-state index in [0.29, 0.717) is 0 Å². The SMILES string of the molecule is COCOCC(NC(=O)OC(C)(C)C)C(CN)CC(=O)O. The summed E-state index contributed by atoms with van der Waals surface area (Å²) in [6.45, 7) is 5.43. The average molecular weight is 306 g/mol. The Labute approximate surface area is 124 Å². The summed E-state index contributed by atoms with van der Waals surface area (Å²) in [4.78, 5) is 22.7. The molecule has 0 heterocycles. The third kappa shape index (κ3) is 10.1. The second kappa shape index (κ2) is 9.54. The van der Waals surface area contributed by atoms with Crippen LogP contribution in [0.3, 0.4) is 0 Å². The topological polar surface area (TPSA) is 120 Å². The summed E-state index contributed by atoms with van der Waals surface area (Å²) in [5, 5.41) is 11.5. The van der Waals surface area contributed by atoms with Crippen LogP contribution in [0.25, 0.3) is 0 Å². The van der Waals surface area contributed by atoms with Crippen LogP contribution in [0.4, 0.5) is 4.79 Å². The van der Waals surface area contributed by atoms with Gasteiger partial charge in [0.2, 0.25) is 0 Å². The quantitative estimate of drug-likeness (QED) is 0.420. The average Bonchev–Trinajstić information content (AvgIpc) is 2.32. The number of alkyl carbamates (subject to hydrolysis) is 1. The largest absolute Gasteiger partial charge is 0.481 e. The van der Waals surface area contributed by atoms with Gasteiger partial charge in [-0.15, -0.1) is 0 Å². The molecule has 4 N–H and O–H groups in total. The van der Waals surface area contributed by atoms with Crippen molar-refractivity contribution < 1.29 is 28.9 Å². The van der Waals surface area contributed by atoms with Crippen molar-refractivity contribution in [2.45, 2.75) is 38.8 Å². The van der Waals surface area contributed by atoms with E-state index in [1.165, 1.54) is 7.11 Å². The highest BCUT2D eigenvalue weighted by molar-refractivity contribution is 5.69. The van der Waals surface area contributed by atoms with Crippen molar-refractivity contribution in [1.29, 1.82) is 0 Å². The molecule has 2 unspecified atom stereocenters. The van der Waals surface area contributed by atoms with Crippen LogP contribution in [-0.4, -0.2) is 55.9 Å². The minimum absolute atomic E-state index is 0.0386. The van der Waals surface area contributed by atoms with Crippen molar-refractivity contribution in [2.75, 3.05) is 27.1 Å². The lowest BCUT2D eigenvalue weighted by Crippen LogP contribution is -2.48. The molecule has 0 aliphatic rings. The van der Waals surface area contributed by atoms with Gasteiger partial charge < -0.3 is 30.4 Å². The highest BCUT2D eigenvalue weighted by Crippen LogP contribution is 2.12. The summed E-state index contributed by atoms with van der Waals surface area (Å²) in [7, 11) is 1.47. The van der Waals surface area contributed by atoms with E-state index in [9.17, 15) is 9.59 Å². The van der Waals surface area contributed by atoms with E-state index < -0.39 is 29.6 Å². The molecule has 0 saturated heterocycles. The Bertz CT molecular complexity index is 329. The van der Waals surface area contributed by atoms with Gasteiger partial charge in [-0.05, 0) is 27.3 Å². The van der Waals surface area contributed by atoms with E-state index in [2.05, 4.69) is 5.32 Å². The van der Waals surface area contributed by atoms with Crippen molar-refractivity contribution >= 4 is 12.1 Å². The Morgan fingerprint density at radius 3 is 2.38 bits per heavy atom. The highest BCUT2D eigenvalue weighted by Gasteiger charge is 2.27. The summed E-state index contributed by atoms with van der Waals surface area (Å²) in [6.07, 6.45) is -0.815.